The molecule has 0 saturated carbocycles. The lowest BCUT2D eigenvalue weighted by atomic mass is 10.00. The van der Waals surface area contributed by atoms with Gasteiger partial charge in [0.1, 0.15) is 23.0 Å². The van der Waals surface area contributed by atoms with E-state index in [1.807, 2.05) is 39.0 Å². The van der Waals surface area contributed by atoms with Crippen LogP contribution >= 0.6 is 0 Å². The van der Waals surface area contributed by atoms with Crippen LogP contribution in [-0.2, 0) is 6.42 Å². The number of H-pyrrole nitrogens is 1. The quantitative estimate of drug-likeness (QED) is 0.305. The fraction of sp³-hybridized carbons (Fsp3) is 0.500. The standard InChI is InChI=1S/C30H34F2N6.C2H6/c1-17-5-3-7-21-23(14-33-28(17)21)26-24(31)13-22-29(27(26)32)35-25(11-10-20-6-4-12-37(20)2)36-30(22)38-15-18-8-9-19(16-38)34-18;1-2/h3,5,7,13-14,18-20,33-34H,4,6,8-12,15-16H2,1-2H3;1-2H3. The molecule has 8 heteroatoms. The average Bonchev–Trinajstić information content (AvgIpc) is 3.67. The number of aromatic amines is 1. The summed E-state index contributed by atoms with van der Waals surface area (Å²) in [4.78, 5) is 17.6. The molecule has 5 heterocycles. The maximum Gasteiger partial charge on any atom is 0.160 e. The number of halogens is 2. The number of hydrogen-bond donors (Lipinski definition) is 2. The van der Waals surface area contributed by atoms with Gasteiger partial charge in [0.05, 0.1) is 5.56 Å². The van der Waals surface area contributed by atoms with E-state index in [9.17, 15) is 0 Å². The summed E-state index contributed by atoms with van der Waals surface area (Å²) in [5.74, 6) is 0.122. The number of aromatic nitrogens is 3. The lowest BCUT2D eigenvalue weighted by Gasteiger charge is -2.34. The molecule has 6 nitrogen and oxygen atoms in total. The summed E-state index contributed by atoms with van der Waals surface area (Å²) in [6.07, 6.45) is 7.94. The van der Waals surface area contributed by atoms with Gasteiger partial charge in [0.15, 0.2) is 5.82 Å². The minimum Gasteiger partial charge on any atom is -0.360 e. The smallest absolute Gasteiger partial charge is 0.160 e. The number of hydrogen-bond acceptors (Lipinski definition) is 5. The molecule has 4 aromatic rings. The third-order valence-corrected chi connectivity index (χ3v) is 8.99. The van der Waals surface area contributed by atoms with Gasteiger partial charge >= 0.3 is 0 Å². The molecule has 3 unspecified atom stereocenters. The lowest BCUT2D eigenvalue weighted by molar-refractivity contribution is 0.295. The maximum atomic E-state index is 16.4. The Bertz CT molecular complexity index is 1520. The van der Waals surface area contributed by atoms with Gasteiger partial charge in [-0.3, -0.25) is 0 Å². The monoisotopic (exact) mass is 546 g/mol. The first-order chi connectivity index (χ1) is 19.5. The largest absolute Gasteiger partial charge is 0.360 e. The van der Waals surface area contributed by atoms with E-state index in [0.717, 1.165) is 55.4 Å². The molecule has 0 amide bonds. The molecule has 3 aliphatic heterocycles. The highest BCUT2D eigenvalue weighted by Gasteiger charge is 2.34. The fourth-order valence-corrected chi connectivity index (χ4v) is 6.95. The number of piperazine rings is 1. The van der Waals surface area contributed by atoms with Gasteiger partial charge in [0.25, 0.3) is 0 Å². The number of fused-ring (bicyclic) bond motifs is 4. The number of likely N-dealkylation sites (tertiary alicyclic amines) is 1. The van der Waals surface area contributed by atoms with E-state index >= 15 is 8.78 Å². The van der Waals surface area contributed by atoms with Crippen molar-refractivity contribution in [3.63, 3.8) is 0 Å². The molecule has 2 bridgehead atoms. The summed E-state index contributed by atoms with van der Waals surface area (Å²) in [5.41, 5.74) is 2.64. The van der Waals surface area contributed by atoms with Crippen molar-refractivity contribution >= 4 is 27.6 Å². The van der Waals surface area contributed by atoms with Gasteiger partial charge in [-0.15, -0.1) is 0 Å². The Hall–Kier alpha value is -3.10. The molecule has 40 heavy (non-hydrogen) atoms. The van der Waals surface area contributed by atoms with Crippen molar-refractivity contribution in [1.82, 2.24) is 25.2 Å². The Kier molecular flexibility index (Phi) is 7.48. The third kappa shape index (κ3) is 4.75. The van der Waals surface area contributed by atoms with Gasteiger partial charge in [0.2, 0.25) is 0 Å². The highest BCUT2D eigenvalue weighted by atomic mass is 19.1. The Balaban J connectivity index is 0.00000142. The zero-order valence-corrected chi connectivity index (χ0v) is 24.0. The normalized spacial score (nSPS) is 22.8. The van der Waals surface area contributed by atoms with Crippen molar-refractivity contribution in [1.29, 1.82) is 0 Å². The summed E-state index contributed by atoms with van der Waals surface area (Å²) < 4.78 is 32.3. The molecule has 7 rings (SSSR count). The highest BCUT2D eigenvalue weighted by Crippen LogP contribution is 2.39. The molecule has 3 aliphatic rings. The van der Waals surface area contributed by atoms with Crippen LogP contribution in [0.3, 0.4) is 0 Å². The molecule has 0 radical (unpaired) electrons. The van der Waals surface area contributed by atoms with Crippen LogP contribution in [0.15, 0.2) is 30.5 Å². The van der Waals surface area contributed by atoms with E-state index < -0.39 is 11.6 Å². The topological polar surface area (TPSA) is 60.1 Å². The lowest BCUT2D eigenvalue weighted by Crippen LogP contribution is -2.51. The molecule has 212 valence electrons. The molecule has 0 aliphatic carbocycles. The fourth-order valence-electron chi connectivity index (χ4n) is 6.95. The Morgan fingerprint density at radius 2 is 1.80 bits per heavy atom. The first-order valence-corrected chi connectivity index (χ1v) is 14.9. The second kappa shape index (κ2) is 11.1. The predicted octanol–water partition coefficient (Wildman–Crippen LogP) is 6.36. The number of nitrogens with one attached hydrogen (secondary N) is 2. The molecule has 3 saturated heterocycles. The number of para-hydroxylation sites is 1. The summed E-state index contributed by atoms with van der Waals surface area (Å²) in [6.45, 7) is 8.68. The van der Waals surface area contributed by atoms with Crippen LogP contribution in [0, 0.1) is 18.6 Å². The van der Waals surface area contributed by atoms with Crippen LogP contribution < -0.4 is 10.2 Å². The van der Waals surface area contributed by atoms with Gasteiger partial charge in [-0.2, -0.15) is 0 Å². The molecule has 3 atom stereocenters. The van der Waals surface area contributed by atoms with Crippen LogP contribution in [0.4, 0.5) is 14.6 Å². The zero-order chi connectivity index (χ0) is 28.0. The molecule has 2 aromatic heterocycles. The van der Waals surface area contributed by atoms with Gasteiger partial charge in [0, 0.05) is 65.7 Å². The van der Waals surface area contributed by atoms with Crippen molar-refractivity contribution < 1.29 is 8.78 Å². The zero-order valence-electron chi connectivity index (χ0n) is 24.0. The Labute approximate surface area is 235 Å². The molecular formula is C32H40F2N6. The molecule has 2 aromatic carbocycles. The van der Waals surface area contributed by atoms with Gasteiger partial charge < -0.3 is 20.1 Å². The van der Waals surface area contributed by atoms with Gasteiger partial charge in [-0.05, 0) is 64.3 Å². The van der Waals surface area contributed by atoms with E-state index in [1.54, 1.807) is 6.20 Å². The Morgan fingerprint density at radius 1 is 1.02 bits per heavy atom. The first-order valence-electron chi connectivity index (χ1n) is 14.9. The summed E-state index contributed by atoms with van der Waals surface area (Å²) >= 11 is 0. The van der Waals surface area contributed by atoms with Crippen molar-refractivity contribution in [3.8, 4) is 11.1 Å². The van der Waals surface area contributed by atoms with Crippen LogP contribution in [0.1, 0.15) is 57.3 Å². The van der Waals surface area contributed by atoms with E-state index in [2.05, 4.69) is 27.1 Å². The van der Waals surface area contributed by atoms with Crippen LogP contribution in [0.2, 0.25) is 0 Å². The minimum atomic E-state index is -0.608. The number of nitrogens with zero attached hydrogens (tertiary/aromatic N) is 4. The third-order valence-electron chi connectivity index (χ3n) is 8.99. The van der Waals surface area contributed by atoms with Crippen molar-refractivity contribution in [3.05, 3.63) is 53.5 Å². The number of rotatable bonds is 5. The number of benzene rings is 2. The number of anilines is 1. The SMILES string of the molecule is CC.Cc1cccc2c(-c3c(F)cc4c(N5CC6CCC(C5)N6)nc(CCC5CCCN5C)nc4c3F)c[nH]c12. The van der Waals surface area contributed by atoms with E-state index in [0.29, 0.717) is 47.1 Å². The molecule has 2 N–H and O–H groups in total. The van der Waals surface area contributed by atoms with Crippen molar-refractivity contribution in [2.75, 3.05) is 31.6 Å². The van der Waals surface area contributed by atoms with E-state index in [-0.39, 0.29) is 11.1 Å². The molecule has 0 spiro atoms. The Morgan fingerprint density at radius 3 is 2.52 bits per heavy atom. The molecule has 3 fully saturated rings. The highest BCUT2D eigenvalue weighted by molar-refractivity contribution is 6.01. The maximum absolute atomic E-state index is 16.4. The average molecular weight is 547 g/mol. The minimum absolute atomic E-state index is 0.0270. The molecular weight excluding hydrogens is 506 g/mol. The van der Waals surface area contributed by atoms with Crippen molar-refractivity contribution in [2.24, 2.45) is 0 Å². The summed E-state index contributed by atoms with van der Waals surface area (Å²) in [5, 5.41) is 4.92. The van der Waals surface area contributed by atoms with E-state index in [4.69, 9.17) is 9.97 Å². The van der Waals surface area contributed by atoms with Gasteiger partial charge in [-0.1, -0.05) is 32.0 Å². The van der Waals surface area contributed by atoms with Crippen molar-refractivity contribution in [2.45, 2.75) is 77.4 Å². The number of aryl methyl sites for hydroxylation is 2. The second-order valence-corrected chi connectivity index (χ2v) is 11.5. The second-order valence-electron chi connectivity index (χ2n) is 11.5. The van der Waals surface area contributed by atoms with E-state index in [1.165, 1.54) is 18.9 Å². The van der Waals surface area contributed by atoms with Gasteiger partial charge in [-0.25, -0.2) is 18.7 Å². The van der Waals surface area contributed by atoms with Crippen LogP contribution in [0.25, 0.3) is 32.9 Å². The van der Waals surface area contributed by atoms with Crippen LogP contribution in [-0.4, -0.2) is 64.7 Å². The summed E-state index contributed by atoms with van der Waals surface area (Å²) in [7, 11) is 2.17. The summed E-state index contributed by atoms with van der Waals surface area (Å²) in [6, 6.07) is 8.54. The van der Waals surface area contributed by atoms with Crippen LogP contribution in [0.5, 0.6) is 0 Å². The first kappa shape index (κ1) is 27.1. The predicted molar refractivity (Wildman–Crippen MR) is 159 cm³/mol.